The quantitative estimate of drug-likeness (QED) is 0.674. The van der Waals surface area contributed by atoms with Crippen molar-refractivity contribution < 1.29 is 14.3 Å². The largest absolute Gasteiger partial charge is 0.497 e. The molecule has 1 heterocycles. The van der Waals surface area contributed by atoms with Crippen LogP contribution < -0.4 is 15.4 Å². The van der Waals surface area contributed by atoms with E-state index in [1.165, 1.54) is 12.8 Å². The molecular weight excluding hydrogens is 416 g/mol. The van der Waals surface area contributed by atoms with Crippen LogP contribution in [0.25, 0.3) is 0 Å². The molecule has 1 atom stereocenters. The summed E-state index contributed by atoms with van der Waals surface area (Å²) in [6.07, 6.45) is 4.58. The molecule has 7 heteroatoms. The number of carbonyl (C=O) groups excluding carboxylic acids is 2. The maximum Gasteiger partial charge on any atom is 0.321 e. The van der Waals surface area contributed by atoms with Gasteiger partial charge < -0.3 is 20.3 Å². The number of benzene rings is 2. The Balaban J connectivity index is 1.33. The lowest BCUT2D eigenvalue weighted by atomic mass is 9.95. The second-order valence-corrected chi connectivity index (χ2v) is 8.87. The number of amides is 3. The van der Waals surface area contributed by atoms with Crippen LogP contribution in [0.2, 0.25) is 0 Å². The molecule has 176 valence electrons. The number of carbonyl (C=O) groups is 2. The molecule has 2 N–H and O–H groups in total. The first-order chi connectivity index (χ1) is 16.1. The highest BCUT2D eigenvalue weighted by Crippen LogP contribution is 2.31. The number of anilines is 1. The molecule has 2 aromatic carbocycles. The molecule has 1 aliphatic heterocycles. The van der Waals surface area contributed by atoms with Gasteiger partial charge in [0.05, 0.1) is 13.2 Å². The van der Waals surface area contributed by atoms with Gasteiger partial charge in [0.15, 0.2) is 0 Å². The minimum atomic E-state index is -0.122. The van der Waals surface area contributed by atoms with E-state index < -0.39 is 0 Å². The van der Waals surface area contributed by atoms with E-state index in [2.05, 4.69) is 15.5 Å². The zero-order chi connectivity index (χ0) is 23.0. The van der Waals surface area contributed by atoms with Gasteiger partial charge in [0.2, 0.25) is 5.91 Å². The lowest BCUT2D eigenvalue weighted by Crippen LogP contribution is -2.58. The highest BCUT2D eigenvalue weighted by molar-refractivity contribution is 5.89. The summed E-state index contributed by atoms with van der Waals surface area (Å²) < 4.78 is 5.17. The second kappa shape index (κ2) is 11.2. The highest BCUT2D eigenvalue weighted by atomic mass is 16.5. The minimum absolute atomic E-state index is 0.106. The number of urea groups is 1. The maximum atomic E-state index is 13.3. The molecule has 7 nitrogen and oxygen atoms in total. The van der Waals surface area contributed by atoms with E-state index >= 15 is 0 Å². The number of hydrogen-bond acceptors (Lipinski definition) is 4. The number of nitrogens with one attached hydrogen (secondary N) is 2. The minimum Gasteiger partial charge on any atom is -0.497 e. The Bertz CT molecular complexity index is 905. The first kappa shape index (κ1) is 23.1. The van der Waals surface area contributed by atoms with Gasteiger partial charge in [-0.3, -0.25) is 9.69 Å². The molecule has 0 spiro atoms. The zero-order valence-electron chi connectivity index (χ0n) is 19.3. The monoisotopic (exact) mass is 450 g/mol. The Kier molecular flexibility index (Phi) is 7.83. The Labute approximate surface area is 196 Å². The number of ether oxygens (including phenoxy) is 1. The van der Waals surface area contributed by atoms with E-state index in [-0.39, 0.29) is 18.0 Å². The molecule has 2 fully saturated rings. The SMILES string of the molecule is COc1ccc(NC(=O)N2CCN([C@@H](C(=O)NCc3ccccc3)C3CCCC3)CC2)cc1. The summed E-state index contributed by atoms with van der Waals surface area (Å²) in [5.41, 5.74) is 1.85. The van der Waals surface area contributed by atoms with Gasteiger partial charge in [-0.2, -0.15) is 0 Å². The Morgan fingerprint density at radius 2 is 1.64 bits per heavy atom. The molecule has 0 bridgehead atoms. The summed E-state index contributed by atoms with van der Waals surface area (Å²) in [6.45, 7) is 3.17. The molecule has 1 aliphatic carbocycles. The molecule has 1 saturated heterocycles. The van der Waals surface area contributed by atoms with Crippen molar-refractivity contribution in [3.05, 3.63) is 60.2 Å². The average molecular weight is 451 g/mol. The van der Waals surface area contributed by atoms with Gasteiger partial charge in [0.1, 0.15) is 5.75 Å². The smallest absolute Gasteiger partial charge is 0.321 e. The number of methoxy groups -OCH3 is 1. The first-order valence-electron chi connectivity index (χ1n) is 11.9. The van der Waals surface area contributed by atoms with Crippen LogP contribution in [0, 0.1) is 5.92 Å². The van der Waals surface area contributed by atoms with Crippen LogP contribution in [0.15, 0.2) is 54.6 Å². The van der Waals surface area contributed by atoms with Gasteiger partial charge in [-0.25, -0.2) is 4.79 Å². The Morgan fingerprint density at radius 1 is 0.970 bits per heavy atom. The number of nitrogens with zero attached hydrogens (tertiary/aromatic N) is 2. The van der Waals surface area contributed by atoms with Gasteiger partial charge in [-0.15, -0.1) is 0 Å². The van der Waals surface area contributed by atoms with E-state index in [1.807, 2.05) is 59.5 Å². The van der Waals surface area contributed by atoms with Crippen LogP contribution in [-0.4, -0.2) is 61.1 Å². The van der Waals surface area contributed by atoms with Crippen LogP contribution in [0.1, 0.15) is 31.2 Å². The van der Waals surface area contributed by atoms with Crippen molar-refractivity contribution in [1.82, 2.24) is 15.1 Å². The van der Waals surface area contributed by atoms with Crippen LogP contribution in [0.5, 0.6) is 5.75 Å². The van der Waals surface area contributed by atoms with E-state index in [0.29, 0.717) is 38.6 Å². The fourth-order valence-electron chi connectivity index (χ4n) is 4.92. The third-order valence-corrected chi connectivity index (χ3v) is 6.76. The number of hydrogen-bond donors (Lipinski definition) is 2. The topological polar surface area (TPSA) is 73.9 Å². The number of piperazine rings is 1. The molecule has 0 unspecified atom stereocenters. The summed E-state index contributed by atoms with van der Waals surface area (Å²) in [5, 5.41) is 6.12. The Hall–Kier alpha value is -3.06. The summed E-state index contributed by atoms with van der Waals surface area (Å²) in [7, 11) is 1.62. The van der Waals surface area contributed by atoms with E-state index in [9.17, 15) is 9.59 Å². The van der Waals surface area contributed by atoms with Crippen LogP contribution >= 0.6 is 0 Å². The fourth-order valence-corrected chi connectivity index (χ4v) is 4.92. The van der Waals surface area contributed by atoms with Crippen molar-refractivity contribution in [2.75, 3.05) is 38.6 Å². The van der Waals surface area contributed by atoms with Crippen molar-refractivity contribution in [3.63, 3.8) is 0 Å². The van der Waals surface area contributed by atoms with Crippen LogP contribution in [0.4, 0.5) is 10.5 Å². The predicted molar refractivity (Wildman–Crippen MR) is 129 cm³/mol. The van der Waals surface area contributed by atoms with Crippen molar-refractivity contribution in [2.45, 2.75) is 38.3 Å². The van der Waals surface area contributed by atoms with Crippen molar-refractivity contribution in [3.8, 4) is 5.75 Å². The zero-order valence-corrected chi connectivity index (χ0v) is 19.3. The average Bonchev–Trinajstić information content (AvgIpc) is 3.39. The van der Waals surface area contributed by atoms with E-state index in [1.54, 1.807) is 7.11 Å². The summed E-state index contributed by atoms with van der Waals surface area (Å²) in [5.74, 6) is 1.26. The molecule has 1 saturated carbocycles. The van der Waals surface area contributed by atoms with Gasteiger partial charge in [0.25, 0.3) is 0 Å². The van der Waals surface area contributed by atoms with Gasteiger partial charge >= 0.3 is 6.03 Å². The van der Waals surface area contributed by atoms with E-state index in [0.717, 1.165) is 29.8 Å². The van der Waals surface area contributed by atoms with Crippen LogP contribution in [0.3, 0.4) is 0 Å². The third-order valence-electron chi connectivity index (χ3n) is 6.76. The molecule has 2 aromatic rings. The van der Waals surface area contributed by atoms with Gasteiger partial charge in [-0.05, 0) is 48.6 Å². The summed E-state index contributed by atoms with van der Waals surface area (Å²) >= 11 is 0. The molecule has 0 radical (unpaired) electrons. The van der Waals surface area contributed by atoms with Crippen molar-refractivity contribution in [2.24, 2.45) is 5.92 Å². The highest BCUT2D eigenvalue weighted by Gasteiger charge is 2.37. The molecule has 2 aliphatic rings. The molecule has 4 rings (SSSR count). The van der Waals surface area contributed by atoms with Gasteiger partial charge in [-0.1, -0.05) is 43.2 Å². The molecular formula is C26H34N4O3. The lowest BCUT2D eigenvalue weighted by molar-refractivity contribution is -0.129. The maximum absolute atomic E-state index is 13.3. The summed E-state index contributed by atoms with van der Waals surface area (Å²) in [4.78, 5) is 30.1. The Morgan fingerprint density at radius 3 is 2.27 bits per heavy atom. The van der Waals surface area contributed by atoms with Gasteiger partial charge in [0, 0.05) is 38.4 Å². The van der Waals surface area contributed by atoms with Crippen LogP contribution in [-0.2, 0) is 11.3 Å². The normalized spacial score (nSPS) is 18.0. The van der Waals surface area contributed by atoms with Crippen molar-refractivity contribution >= 4 is 17.6 Å². The molecule has 33 heavy (non-hydrogen) atoms. The van der Waals surface area contributed by atoms with E-state index in [4.69, 9.17) is 4.74 Å². The molecule has 0 aromatic heterocycles. The fraction of sp³-hybridized carbons (Fsp3) is 0.462. The third kappa shape index (κ3) is 6.05. The number of rotatable bonds is 7. The predicted octanol–water partition coefficient (Wildman–Crippen LogP) is 3.72. The van der Waals surface area contributed by atoms with Crippen molar-refractivity contribution in [1.29, 1.82) is 0 Å². The summed E-state index contributed by atoms with van der Waals surface area (Å²) in [6, 6.07) is 17.1. The lowest BCUT2D eigenvalue weighted by Gasteiger charge is -2.40. The second-order valence-electron chi connectivity index (χ2n) is 8.87. The first-order valence-corrected chi connectivity index (χ1v) is 11.9. The standard InChI is InChI=1S/C26H34N4O3/c1-33-23-13-11-22(12-14-23)28-26(32)30-17-15-29(16-18-30)24(21-9-5-6-10-21)25(31)27-19-20-7-3-2-4-8-20/h2-4,7-8,11-14,21,24H,5-6,9-10,15-19H2,1H3,(H,27,31)(H,28,32)/t24-/m1/s1. The molecule has 3 amide bonds.